The summed E-state index contributed by atoms with van der Waals surface area (Å²) in [5, 5.41) is 0.141. The average Bonchev–Trinajstić information content (AvgIpc) is 3.08. The maximum absolute atomic E-state index is 11.0. The van der Waals surface area contributed by atoms with Crippen LogP contribution in [0.5, 0.6) is 0 Å². The van der Waals surface area contributed by atoms with Crippen LogP contribution in [0.3, 0.4) is 0 Å². The Kier molecular flexibility index (Phi) is 10.2. The number of halogens is 3. The minimum Gasteiger partial charge on any atom is -0.384 e. The Hall–Kier alpha value is -1.91. The third-order valence-electron chi connectivity index (χ3n) is 3.05. The van der Waals surface area contributed by atoms with Gasteiger partial charge in [0.1, 0.15) is 21.8 Å². The van der Waals surface area contributed by atoms with Crippen molar-refractivity contribution in [2.45, 2.75) is 13.8 Å². The molecule has 3 heterocycles. The summed E-state index contributed by atoms with van der Waals surface area (Å²) in [6, 6.07) is 11.1. The number of rotatable bonds is 3. The predicted molar refractivity (Wildman–Crippen MR) is 119 cm³/mol. The molecule has 3 aromatic rings. The summed E-state index contributed by atoms with van der Waals surface area (Å²) in [6.07, 6.45) is 1.72. The van der Waals surface area contributed by atoms with E-state index in [4.69, 9.17) is 5.73 Å². The molecule has 0 aliphatic rings. The lowest BCUT2D eigenvalue weighted by Crippen LogP contribution is -2.09. The minimum atomic E-state index is -0.392. The van der Waals surface area contributed by atoms with Gasteiger partial charge in [-0.3, -0.25) is 18.8 Å². The molecular formula is C18H17Br3N4O3. The first-order valence-electron chi connectivity index (χ1n) is 7.78. The number of carbonyl (C=O) groups excluding carboxylic acids is 3. The Bertz CT molecular complexity index is 972. The molecule has 0 saturated carbocycles. The van der Waals surface area contributed by atoms with Crippen LogP contribution in [0.15, 0.2) is 51.8 Å². The van der Waals surface area contributed by atoms with Crippen molar-refractivity contribution in [3.8, 4) is 0 Å². The number of hydrogen-bond donors (Lipinski definition) is 1. The second-order valence-electron chi connectivity index (χ2n) is 5.26. The normalized spacial score (nSPS) is 9.61. The maximum Gasteiger partial charge on any atom is 0.208 e. The Morgan fingerprint density at radius 3 is 2.07 bits per heavy atom. The zero-order chi connectivity index (χ0) is 21.3. The lowest BCUT2D eigenvalue weighted by Gasteiger charge is -1.93. The highest BCUT2D eigenvalue weighted by Crippen LogP contribution is 2.14. The molecule has 0 spiro atoms. The van der Waals surface area contributed by atoms with E-state index >= 15 is 0 Å². The Balaban J connectivity index is 0.000000227. The van der Waals surface area contributed by atoms with E-state index in [0.717, 1.165) is 14.9 Å². The number of anilines is 1. The van der Waals surface area contributed by atoms with Crippen LogP contribution in [0, 0.1) is 0 Å². The molecule has 2 N–H and O–H groups in total. The van der Waals surface area contributed by atoms with Crippen molar-refractivity contribution in [1.82, 2.24) is 14.4 Å². The van der Waals surface area contributed by atoms with Gasteiger partial charge in [-0.05, 0) is 56.1 Å². The van der Waals surface area contributed by atoms with Crippen molar-refractivity contribution in [2.24, 2.45) is 0 Å². The zero-order valence-electron chi connectivity index (χ0n) is 15.0. The third kappa shape index (κ3) is 7.99. The molecule has 0 aromatic carbocycles. The van der Waals surface area contributed by atoms with Gasteiger partial charge in [-0.25, -0.2) is 9.97 Å². The molecule has 148 valence electrons. The smallest absolute Gasteiger partial charge is 0.208 e. The molecule has 28 heavy (non-hydrogen) atoms. The zero-order valence-corrected chi connectivity index (χ0v) is 19.8. The second-order valence-corrected chi connectivity index (χ2v) is 7.44. The highest BCUT2D eigenvalue weighted by molar-refractivity contribution is 9.10. The lowest BCUT2D eigenvalue weighted by molar-refractivity contribution is -0.133. The number of fused-ring (bicyclic) bond motifs is 1. The van der Waals surface area contributed by atoms with E-state index in [9.17, 15) is 14.4 Å². The number of Topliss-reactive ketones (excluding diaryl/α,β-unsaturated/α-hetero) is 3. The number of carbonyl (C=O) groups is 3. The molecule has 0 unspecified atom stereocenters. The van der Waals surface area contributed by atoms with Crippen LogP contribution in [-0.4, -0.2) is 37.0 Å². The van der Waals surface area contributed by atoms with Gasteiger partial charge in [0.25, 0.3) is 0 Å². The standard InChI is InChI=1S/C9H7BrN2O.C5H5BrN2.C4H5BrO2/c1-6(13)7-5-12-8(10)3-2-4-9(12)11-7;6-4-2-1-3-5(7)8-4;1-3(6)4(7)2-5/h2-5H,1H3;1-3H,(H2,7,8);2H2,1H3. The Labute approximate surface area is 187 Å². The first-order valence-corrected chi connectivity index (χ1v) is 10.5. The van der Waals surface area contributed by atoms with Crippen molar-refractivity contribution in [2.75, 3.05) is 11.1 Å². The van der Waals surface area contributed by atoms with Gasteiger partial charge in [0.05, 0.1) is 9.93 Å². The van der Waals surface area contributed by atoms with Crippen molar-refractivity contribution >= 4 is 76.6 Å². The van der Waals surface area contributed by atoms with Crippen molar-refractivity contribution in [3.63, 3.8) is 0 Å². The molecule has 0 fully saturated rings. The van der Waals surface area contributed by atoms with Crippen molar-refractivity contribution in [1.29, 1.82) is 0 Å². The summed E-state index contributed by atoms with van der Waals surface area (Å²) < 4.78 is 3.50. The van der Waals surface area contributed by atoms with E-state index in [1.165, 1.54) is 13.8 Å². The molecule has 10 heteroatoms. The number of imidazole rings is 1. The van der Waals surface area contributed by atoms with E-state index in [-0.39, 0.29) is 16.9 Å². The topological polar surface area (TPSA) is 107 Å². The lowest BCUT2D eigenvalue weighted by atomic mass is 10.3. The van der Waals surface area contributed by atoms with Crippen LogP contribution in [0.4, 0.5) is 5.82 Å². The minimum absolute atomic E-state index is 0.0180. The van der Waals surface area contributed by atoms with Gasteiger partial charge in [0.15, 0.2) is 11.6 Å². The third-order valence-corrected chi connectivity index (χ3v) is 4.65. The molecule has 0 aliphatic carbocycles. The predicted octanol–water partition coefficient (Wildman–Crippen LogP) is 4.27. The number of ketones is 3. The number of nitrogen functional groups attached to an aromatic ring is 1. The summed E-state index contributed by atoms with van der Waals surface area (Å²) in [5.74, 6) is -0.244. The average molecular weight is 577 g/mol. The molecular weight excluding hydrogens is 560 g/mol. The van der Waals surface area contributed by atoms with Gasteiger partial charge in [-0.1, -0.05) is 28.1 Å². The number of pyridine rings is 2. The largest absolute Gasteiger partial charge is 0.384 e. The highest BCUT2D eigenvalue weighted by atomic mass is 79.9. The maximum atomic E-state index is 11.0. The molecule has 0 radical (unpaired) electrons. The number of hydrogen-bond acceptors (Lipinski definition) is 6. The molecule has 0 atom stereocenters. The molecule has 3 rings (SSSR count). The van der Waals surface area contributed by atoms with Crippen molar-refractivity contribution in [3.05, 3.63) is 57.5 Å². The van der Waals surface area contributed by atoms with Gasteiger partial charge in [0, 0.05) is 20.0 Å². The van der Waals surface area contributed by atoms with Crippen LogP contribution in [-0.2, 0) is 9.59 Å². The van der Waals surface area contributed by atoms with Gasteiger partial charge in [-0.15, -0.1) is 0 Å². The Morgan fingerprint density at radius 1 is 1.04 bits per heavy atom. The molecule has 3 aromatic heterocycles. The van der Waals surface area contributed by atoms with Gasteiger partial charge in [0.2, 0.25) is 5.78 Å². The summed E-state index contributed by atoms with van der Waals surface area (Å²) in [7, 11) is 0. The van der Waals surface area contributed by atoms with Crippen LogP contribution in [0.2, 0.25) is 0 Å². The molecule has 0 amide bonds. The summed E-state index contributed by atoms with van der Waals surface area (Å²) in [4.78, 5) is 39.2. The fourth-order valence-electron chi connectivity index (χ4n) is 1.66. The number of nitrogens with two attached hydrogens (primary N) is 1. The van der Waals surface area contributed by atoms with E-state index in [0.29, 0.717) is 11.5 Å². The van der Waals surface area contributed by atoms with Crippen LogP contribution in [0.1, 0.15) is 24.3 Å². The fraction of sp³-hybridized carbons (Fsp3) is 0.167. The number of alkyl halides is 1. The van der Waals surface area contributed by atoms with Crippen LogP contribution in [0.25, 0.3) is 5.65 Å². The fourth-order valence-corrected chi connectivity index (χ4v) is 2.85. The summed E-state index contributed by atoms with van der Waals surface area (Å²) >= 11 is 9.39. The SMILES string of the molecule is CC(=O)C(=O)CBr.CC(=O)c1cn2c(Br)cccc2n1.Nc1cccc(Br)n1. The van der Waals surface area contributed by atoms with Gasteiger partial charge < -0.3 is 5.73 Å². The molecule has 0 bridgehead atoms. The van der Waals surface area contributed by atoms with Crippen molar-refractivity contribution < 1.29 is 14.4 Å². The van der Waals surface area contributed by atoms with Crippen LogP contribution >= 0.6 is 47.8 Å². The van der Waals surface area contributed by atoms with E-state index in [1.54, 1.807) is 12.3 Å². The van der Waals surface area contributed by atoms with Crippen LogP contribution < -0.4 is 5.73 Å². The second kappa shape index (κ2) is 11.8. The van der Waals surface area contributed by atoms with E-state index in [2.05, 4.69) is 57.8 Å². The quantitative estimate of drug-likeness (QED) is 0.216. The van der Waals surface area contributed by atoms with E-state index < -0.39 is 5.78 Å². The monoisotopic (exact) mass is 574 g/mol. The molecule has 0 saturated heterocycles. The van der Waals surface area contributed by atoms with E-state index in [1.807, 2.05) is 34.7 Å². The Morgan fingerprint density at radius 2 is 1.68 bits per heavy atom. The first-order chi connectivity index (χ1) is 13.1. The molecule has 7 nitrogen and oxygen atoms in total. The number of nitrogens with zero attached hydrogens (tertiary/aromatic N) is 3. The molecule has 0 aliphatic heterocycles. The summed E-state index contributed by atoms with van der Waals surface area (Å²) in [6.45, 7) is 2.76. The first kappa shape index (κ1) is 24.1. The van der Waals surface area contributed by atoms with Gasteiger partial charge >= 0.3 is 0 Å². The van der Waals surface area contributed by atoms with Gasteiger partial charge in [-0.2, -0.15) is 0 Å². The number of aromatic nitrogens is 3. The highest BCUT2D eigenvalue weighted by Gasteiger charge is 2.06. The summed E-state index contributed by atoms with van der Waals surface area (Å²) in [5.41, 5.74) is 6.59.